The number of nitrogens with zero attached hydrogens (tertiary/aromatic N) is 1. The van der Waals surface area contributed by atoms with Crippen LogP contribution in [0, 0.1) is 0 Å². The molecule has 2 aromatic carbocycles. The number of para-hydroxylation sites is 1. The average molecular weight is 376 g/mol. The van der Waals surface area contributed by atoms with Gasteiger partial charge in [0.2, 0.25) is 0 Å². The summed E-state index contributed by atoms with van der Waals surface area (Å²) < 4.78 is 5.23. The van der Waals surface area contributed by atoms with Gasteiger partial charge in [0, 0.05) is 17.0 Å². The van der Waals surface area contributed by atoms with E-state index in [4.69, 9.17) is 9.72 Å². The molecule has 0 saturated heterocycles. The third-order valence-electron chi connectivity index (χ3n) is 5.38. The second kappa shape index (κ2) is 7.98. The zero-order valence-corrected chi connectivity index (χ0v) is 15.9. The number of amides is 1. The summed E-state index contributed by atoms with van der Waals surface area (Å²) in [5, 5.41) is 13.7. The average Bonchev–Trinajstić information content (AvgIpc) is 2.74. The highest BCUT2D eigenvalue weighted by atomic mass is 16.5. The lowest BCUT2D eigenvalue weighted by molar-refractivity contribution is 0.0869. The minimum absolute atomic E-state index is 0.0882. The van der Waals surface area contributed by atoms with Crippen LogP contribution in [0.5, 0.6) is 5.75 Å². The Labute approximate surface area is 164 Å². The fourth-order valence-electron chi connectivity index (χ4n) is 3.76. The van der Waals surface area contributed by atoms with E-state index in [9.17, 15) is 9.90 Å². The number of ether oxygens (including phenoxy) is 1. The molecule has 1 amide bonds. The second-order valence-corrected chi connectivity index (χ2v) is 7.28. The molecular weight excluding hydrogens is 352 g/mol. The lowest BCUT2D eigenvalue weighted by atomic mass is 9.93. The van der Waals surface area contributed by atoms with Gasteiger partial charge in [-0.25, -0.2) is 4.98 Å². The Bertz CT molecular complexity index is 977. The van der Waals surface area contributed by atoms with Crippen LogP contribution in [0.2, 0.25) is 0 Å². The Hall–Kier alpha value is -2.92. The molecule has 0 unspecified atom stereocenters. The first-order chi connectivity index (χ1) is 13.6. The maximum atomic E-state index is 13.1. The number of aliphatic hydroxyl groups excluding tert-OH is 1. The number of aromatic nitrogens is 1. The van der Waals surface area contributed by atoms with Gasteiger partial charge >= 0.3 is 0 Å². The standard InChI is InChI=1S/C23H24N2O3/c1-28-18-12-6-15(7-13-18)22-14-20(19-4-2-3-5-21(19)25-22)23(27)24-16-8-10-17(26)11-9-16/h2-7,12-14,16-17,26H,8-11H2,1H3,(H,24,27). The third kappa shape index (κ3) is 3.85. The van der Waals surface area contributed by atoms with Crippen LogP contribution in [0.1, 0.15) is 36.0 Å². The molecule has 0 spiro atoms. The Morgan fingerprint density at radius 3 is 2.50 bits per heavy atom. The van der Waals surface area contributed by atoms with Gasteiger partial charge in [-0.3, -0.25) is 4.79 Å². The maximum Gasteiger partial charge on any atom is 0.252 e. The summed E-state index contributed by atoms with van der Waals surface area (Å²) in [7, 11) is 1.63. The van der Waals surface area contributed by atoms with Gasteiger partial charge in [-0.15, -0.1) is 0 Å². The summed E-state index contributed by atoms with van der Waals surface area (Å²) >= 11 is 0. The lowest BCUT2D eigenvalue weighted by Crippen LogP contribution is -2.38. The molecule has 0 bridgehead atoms. The molecule has 1 aliphatic rings. The molecule has 1 aromatic heterocycles. The molecule has 5 heteroatoms. The van der Waals surface area contributed by atoms with Crippen molar-refractivity contribution in [2.75, 3.05) is 7.11 Å². The van der Waals surface area contributed by atoms with E-state index >= 15 is 0 Å². The number of methoxy groups -OCH3 is 1. The normalized spacial score (nSPS) is 19.4. The quantitative estimate of drug-likeness (QED) is 0.723. The summed E-state index contributed by atoms with van der Waals surface area (Å²) in [5.41, 5.74) is 3.11. The lowest BCUT2D eigenvalue weighted by Gasteiger charge is -2.26. The summed E-state index contributed by atoms with van der Waals surface area (Å²) in [6.07, 6.45) is 2.84. The number of fused-ring (bicyclic) bond motifs is 1. The van der Waals surface area contributed by atoms with E-state index in [-0.39, 0.29) is 18.1 Å². The van der Waals surface area contributed by atoms with E-state index in [1.54, 1.807) is 7.11 Å². The fraction of sp³-hybridized carbons (Fsp3) is 0.304. The molecule has 0 atom stereocenters. The Balaban J connectivity index is 1.68. The van der Waals surface area contributed by atoms with Crippen molar-refractivity contribution in [1.82, 2.24) is 10.3 Å². The molecule has 1 aliphatic carbocycles. The van der Waals surface area contributed by atoms with Crippen LogP contribution in [0.3, 0.4) is 0 Å². The van der Waals surface area contributed by atoms with E-state index in [0.717, 1.165) is 53.6 Å². The van der Waals surface area contributed by atoms with Gasteiger partial charge in [-0.1, -0.05) is 18.2 Å². The van der Waals surface area contributed by atoms with Crippen LogP contribution in [-0.4, -0.2) is 35.3 Å². The Morgan fingerprint density at radius 2 is 1.79 bits per heavy atom. The molecule has 28 heavy (non-hydrogen) atoms. The maximum absolute atomic E-state index is 13.1. The van der Waals surface area contributed by atoms with Gasteiger partial charge in [0.05, 0.1) is 30.0 Å². The van der Waals surface area contributed by atoms with Crippen molar-refractivity contribution < 1.29 is 14.6 Å². The third-order valence-corrected chi connectivity index (χ3v) is 5.38. The fourth-order valence-corrected chi connectivity index (χ4v) is 3.76. The minimum atomic E-state index is -0.239. The van der Waals surface area contributed by atoms with Crippen LogP contribution >= 0.6 is 0 Å². The molecule has 5 nitrogen and oxygen atoms in total. The number of carbonyl (C=O) groups is 1. The van der Waals surface area contributed by atoms with Gasteiger partial charge in [0.15, 0.2) is 0 Å². The van der Waals surface area contributed by atoms with Crippen molar-refractivity contribution in [1.29, 1.82) is 0 Å². The van der Waals surface area contributed by atoms with E-state index in [2.05, 4.69) is 5.32 Å². The number of rotatable bonds is 4. The molecule has 1 fully saturated rings. The van der Waals surface area contributed by atoms with Crippen LogP contribution in [0.25, 0.3) is 22.2 Å². The first kappa shape index (κ1) is 18.4. The van der Waals surface area contributed by atoms with Gasteiger partial charge in [0.1, 0.15) is 5.75 Å². The van der Waals surface area contributed by atoms with Crippen molar-refractivity contribution in [3.63, 3.8) is 0 Å². The highest BCUT2D eigenvalue weighted by molar-refractivity contribution is 6.07. The first-order valence-electron chi connectivity index (χ1n) is 9.67. The predicted molar refractivity (Wildman–Crippen MR) is 109 cm³/mol. The van der Waals surface area contributed by atoms with E-state index < -0.39 is 0 Å². The van der Waals surface area contributed by atoms with Crippen LogP contribution in [-0.2, 0) is 0 Å². The molecule has 1 saturated carbocycles. The number of hydrogen-bond acceptors (Lipinski definition) is 4. The summed E-state index contributed by atoms with van der Waals surface area (Å²) in [5.74, 6) is 0.691. The van der Waals surface area contributed by atoms with Crippen LogP contribution in [0.15, 0.2) is 54.6 Å². The Kier molecular flexibility index (Phi) is 5.26. The number of hydrogen-bond donors (Lipinski definition) is 2. The number of pyridine rings is 1. The summed E-state index contributed by atoms with van der Waals surface area (Å²) in [6.45, 7) is 0. The molecule has 0 radical (unpaired) electrons. The van der Waals surface area contributed by atoms with Gasteiger partial charge in [-0.2, -0.15) is 0 Å². The van der Waals surface area contributed by atoms with Crippen molar-refractivity contribution >= 4 is 16.8 Å². The second-order valence-electron chi connectivity index (χ2n) is 7.28. The number of nitrogens with one attached hydrogen (secondary N) is 1. The molecule has 0 aliphatic heterocycles. The van der Waals surface area contributed by atoms with Gasteiger partial charge < -0.3 is 15.2 Å². The highest BCUT2D eigenvalue weighted by Gasteiger charge is 2.22. The number of aliphatic hydroxyl groups is 1. The van der Waals surface area contributed by atoms with Crippen LogP contribution in [0.4, 0.5) is 0 Å². The summed E-state index contributed by atoms with van der Waals surface area (Å²) in [4.78, 5) is 17.8. The van der Waals surface area contributed by atoms with E-state index in [1.165, 1.54) is 0 Å². The molecule has 1 heterocycles. The van der Waals surface area contributed by atoms with Crippen LogP contribution < -0.4 is 10.1 Å². The monoisotopic (exact) mass is 376 g/mol. The molecule has 144 valence electrons. The minimum Gasteiger partial charge on any atom is -0.497 e. The van der Waals surface area contributed by atoms with E-state index in [0.29, 0.717) is 5.56 Å². The highest BCUT2D eigenvalue weighted by Crippen LogP contribution is 2.27. The largest absolute Gasteiger partial charge is 0.497 e. The summed E-state index contributed by atoms with van der Waals surface area (Å²) in [6, 6.07) is 17.3. The topological polar surface area (TPSA) is 71.5 Å². The van der Waals surface area contributed by atoms with Crippen molar-refractivity contribution in [3.8, 4) is 17.0 Å². The van der Waals surface area contributed by atoms with E-state index in [1.807, 2.05) is 54.6 Å². The van der Waals surface area contributed by atoms with Crippen molar-refractivity contribution in [2.24, 2.45) is 0 Å². The van der Waals surface area contributed by atoms with Crippen molar-refractivity contribution in [3.05, 3.63) is 60.2 Å². The first-order valence-corrected chi connectivity index (χ1v) is 9.67. The van der Waals surface area contributed by atoms with Gasteiger partial charge in [-0.05, 0) is 62.1 Å². The van der Waals surface area contributed by atoms with Crippen molar-refractivity contribution in [2.45, 2.75) is 37.8 Å². The zero-order chi connectivity index (χ0) is 19.5. The SMILES string of the molecule is COc1ccc(-c2cc(C(=O)NC3CCC(O)CC3)c3ccccc3n2)cc1. The molecule has 3 aromatic rings. The smallest absolute Gasteiger partial charge is 0.252 e. The number of benzene rings is 2. The van der Waals surface area contributed by atoms with Gasteiger partial charge in [0.25, 0.3) is 5.91 Å². The molecule has 2 N–H and O–H groups in total. The Morgan fingerprint density at radius 1 is 1.07 bits per heavy atom. The number of carbonyl (C=O) groups excluding carboxylic acids is 1. The molecular formula is C23H24N2O3. The predicted octanol–water partition coefficient (Wildman–Crippen LogP) is 3.94. The molecule has 4 rings (SSSR count). The zero-order valence-electron chi connectivity index (χ0n) is 15.9.